The monoisotopic (exact) mass is 461 g/mol. The predicted molar refractivity (Wildman–Crippen MR) is 140 cm³/mol. The molecule has 0 bridgehead atoms. The molecule has 0 aliphatic heterocycles. The number of hydrogen-bond donors (Lipinski definition) is 1. The molecular formula is C28H49N2O3+. The molecular weight excluding hydrogens is 412 g/mol. The number of unbranched alkanes of at least 4 members (excludes halogenated alkanes) is 9. The molecule has 188 valence electrons. The van der Waals surface area contributed by atoms with Crippen LogP contribution in [0.2, 0.25) is 0 Å². The third-order valence-electron chi connectivity index (χ3n) is 6.84. The summed E-state index contributed by atoms with van der Waals surface area (Å²) in [5.41, 5.74) is 2.16. The summed E-state index contributed by atoms with van der Waals surface area (Å²) in [6, 6.07) is 3.97. The zero-order valence-electron chi connectivity index (χ0n) is 22.2. The normalized spacial score (nSPS) is 11.8. The van der Waals surface area contributed by atoms with Crippen LogP contribution in [0.5, 0.6) is 17.2 Å². The number of hydrogen-bond acceptors (Lipinski definition) is 3. The van der Waals surface area contributed by atoms with Gasteiger partial charge in [0.15, 0.2) is 17.2 Å². The van der Waals surface area contributed by atoms with Crippen molar-refractivity contribution in [2.75, 3.05) is 48.5 Å². The van der Waals surface area contributed by atoms with Crippen LogP contribution >= 0.6 is 0 Å². The van der Waals surface area contributed by atoms with Gasteiger partial charge in [-0.3, -0.25) is 0 Å². The topological polar surface area (TPSA) is 43.5 Å². The number of aryl methyl sites for hydroxylation is 1. The molecule has 0 aliphatic carbocycles. The van der Waals surface area contributed by atoms with Gasteiger partial charge < -0.3 is 23.7 Å². The summed E-state index contributed by atoms with van der Waals surface area (Å²) in [6.07, 6.45) is 16.0. The summed E-state index contributed by atoms with van der Waals surface area (Å²) in [4.78, 5) is 3.55. The fraction of sp³-hybridized carbons (Fsp3) is 0.714. The Hall–Kier alpha value is -1.88. The Labute approximate surface area is 202 Å². The molecule has 0 fully saturated rings. The number of nitrogens with zero attached hydrogens (tertiary/aromatic N) is 1. The second-order valence-electron chi connectivity index (χ2n) is 10.0. The first kappa shape index (κ1) is 27.4. The molecule has 5 nitrogen and oxygen atoms in total. The van der Waals surface area contributed by atoms with Crippen LogP contribution in [0, 0.1) is 0 Å². The van der Waals surface area contributed by atoms with E-state index in [4.69, 9.17) is 14.2 Å². The molecule has 1 N–H and O–H groups in total. The first-order chi connectivity index (χ1) is 16.0. The van der Waals surface area contributed by atoms with Crippen LogP contribution < -0.4 is 14.2 Å². The summed E-state index contributed by atoms with van der Waals surface area (Å²) in [5, 5.41) is 0.966. The van der Waals surface area contributed by atoms with Crippen LogP contribution in [-0.4, -0.2) is 58.0 Å². The van der Waals surface area contributed by atoms with Gasteiger partial charge in [0.2, 0.25) is 0 Å². The van der Waals surface area contributed by atoms with Gasteiger partial charge in [-0.1, -0.05) is 58.3 Å². The van der Waals surface area contributed by atoms with Crippen molar-refractivity contribution >= 4 is 10.9 Å². The number of rotatable bonds is 18. The Morgan fingerprint density at radius 3 is 1.85 bits per heavy atom. The van der Waals surface area contributed by atoms with Gasteiger partial charge in [0, 0.05) is 6.42 Å². The molecule has 0 unspecified atom stereocenters. The second kappa shape index (κ2) is 14.4. The van der Waals surface area contributed by atoms with Crippen molar-refractivity contribution in [2.45, 2.75) is 84.0 Å². The summed E-state index contributed by atoms with van der Waals surface area (Å²) in [7, 11) is 9.81. The summed E-state index contributed by atoms with van der Waals surface area (Å²) in [5.74, 6) is 2.33. The molecule has 1 aromatic heterocycles. The van der Waals surface area contributed by atoms with Crippen LogP contribution in [0.3, 0.4) is 0 Å². The van der Waals surface area contributed by atoms with E-state index in [9.17, 15) is 0 Å². The van der Waals surface area contributed by atoms with Crippen LogP contribution in [-0.2, 0) is 6.42 Å². The van der Waals surface area contributed by atoms with Crippen molar-refractivity contribution in [3.05, 3.63) is 17.8 Å². The molecule has 0 amide bonds. The molecule has 0 saturated heterocycles. The van der Waals surface area contributed by atoms with Crippen molar-refractivity contribution in [1.29, 1.82) is 0 Å². The number of H-pyrrole nitrogens is 1. The Bertz CT molecular complexity index is 813. The standard InChI is InChI=1S/C28H49N2O3/c1-7-8-9-10-11-12-13-14-15-16-21-30(2,3)22-17-18-24-27(32-5)26-23(29-24)19-20-25(31-4)28(26)33-6/h19-20,29H,7-18,21-22H2,1-6H3/q+1. The average Bonchev–Trinajstić information content (AvgIpc) is 3.16. The van der Waals surface area contributed by atoms with Crippen LogP contribution in [0.1, 0.15) is 83.2 Å². The van der Waals surface area contributed by atoms with Crippen molar-refractivity contribution in [1.82, 2.24) is 4.98 Å². The van der Waals surface area contributed by atoms with Gasteiger partial charge in [-0.2, -0.15) is 0 Å². The number of methoxy groups -OCH3 is 3. The van der Waals surface area contributed by atoms with E-state index in [-0.39, 0.29) is 0 Å². The number of aromatic nitrogens is 1. The number of fused-ring (bicyclic) bond motifs is 1. The van der Waals surface area contributed by atoms with Gasteiger partial charge >= 0.3 is 0 Å². The Kier molecular flexibility index (Phi) is 11.9. The summed E-state index contributed by atoms with van der Waals surface area (Å²) >= 11 is 0. The van der Waals surface area contributed by atoms with Crippen LogP contribution in [0.15, 0.2) is 12.1 Å². The number of nitrogens with one attached hydrogen (secondary N) is 1. The zero-order valence-corrected chi connectivity index (χ0v) is 22.2. The van der Waals surface area contributed by atoms with E-state index < -0.39 is 0 Å². The lowest BCUT2D eigenvalue weighted by molar-refractivity contribution is -0.890. The third kappa shape index (κ3) is 8.44. The highest BCUT2D eigenvalue weighted by molar-refractivity contribution is 5.95. The zero-order chi connectivity index (χ0) is 24.1. The van der Waals surface area contributed by atoms with E-state index in [1.165, 1.54) is 70.8 Å². The van der Waals surface area contributed by atoms with Crippen LogP contribution in [0.4, 0.5) is 0 Å². The van der Waals surface area contributed by atoms with E-state index in [0.717, 1.165) is 57.7 Å². The highest BCUT2D eigenvalue weighted by Crippen LogP contribution is 2.42. The van der Waals surface area contributed by atoms with Gasteiger partial charge in [0.25, 0.3) is 0 Å². The summed E-state index contributed by atoms with van der Waals surface area (Å²) in [6.45, 7) is 4.70. The maximum Gasteiger partial charge on any atom is 0.173 e. The number of benzene rings is 1. The molecule has 0 radical (unpaired) electrons. The number of ether oxygens (including phenoxy) is 3. The van der Waals surface area contributed by atoms with Gasteiger partial charge in [-0.25, -0.2) is 0 Å². The SMILES string of the molecule is CCCCCCCCCCCC[N+](C)(C)CCCc1[nH]c2ccc(OC)c(OC)c2c1OC. The largest absolute Gasteiger partial charge is 0.494 e. The lowest BCUT2D eigenvalue weighted by Crippen LogP contribution is -2.41. The minimum atomic E-state index is 0.725. The highest BCUT2D eigenvalue weighted by atomic mass is 16.5. The predicted octanol–water partition coefficient (Wildman–Crippen LogP) is 7.12. The Morgan fingerprint density at radius 1 is 0.697 bits per heavy atom. The minimum Gasteiger partial charge on any atom is -0.494 e. The van der Waals surface area contributed by atoms with E-state index in [2.05, 4.69) is 26.0 Å². The molecule has 0 saturated carbocycles. The summed E-state index contributed by atoms with van der Waals surface area (Å²) < 4.78 is 18.0. The second-order valence-corrected chi connectivity index (χ2v) is 10.0. The average molecular weight is 462 g/mol. The molecule has 1 aromatic carbocycles. The number of aromatic amines is 1. The lowest BCUT2D eigenvalue weighted by Gasteiger charge is -2.30. The van der Waals surface area contributed by atoms with Crippen molar-refractivity contribution in [3.63, 3.8) is 0 Å². The van der Waals surface area contributed by atoms with Crippen molar-refractivity contribution in [3.8, 4) is 17.2 Å². The Balaban J connectivity index is 1.76. The van der Waals surface area contributed by atoms with Gasteiger partial charge in [0.05, 0.1) is 65.1 Å². The molecule has 33 heavy (non-hydrogen) atoms. The molecule has 0 spiro atoms. The van der Waals surface area contributed by atoms with E-state index >= 15 is 0 Å². The molecule has 0 aliphatic rings. The Morgan fingerprint density at radius 2 is 1.27 bits per heavy atom. The fourth-order valence-electron chi connectivity index (χ4n) is 4.85. The first-order valence-corrected chi connectivity index (χ1v) is 13.1. The molecule has 1 heterocycles. The quantitative estimate of drug-likeness (QED) is 0.190. The fourth-order valence-corrected chi connectivity index (χ4v) is 4.85. The molecule has 2 aromatic rings. The maximum absolute atomic E-state index is 5.79. The third-order valence-corrected chi connectivity index (χ3v) is 6.84. The maximum atomic E-state index is 5.79. The number of quaternary nitrogens is 1. The molecule has 5 heteroatoms. The smallest absolute Gasteiger partial charge is 0.173 e. The minimum absolute atomic E-state index is 0.725. The highest BCUT2D eigenvalue weighted by Gasteiger charge is 2.21. The van der Waals surface area contributed by atoms with E-state index in [1.54, 1.807) is 21.3 Å². The molecule has 0 atom stereocenters. The van der Waals surface area contributed by atoms with E-state index in [1.807, 2.05) is 12.1 Å². The van der Waals surface area contributed by atoms with E-state index in [0.29, 0.717) is 0 Å². The van der Waals surface area contributed by atoms with Gasteiger partial charge in [-0.15, -0.1) is 0 Å². The van der Waals surface area contributed by atoms with Crippen molar-refractivity contribution < 1.29 is 18.7 Å². The first-order valence-electron chi connectivity index (χ1n) is 13.1. The molecule has 2 rings (SSSR count). The van der Waals surface area contributed by atoms with Crippen molar-refractivity contribution in [2.24, 2.45) is 0 Å². The van der Waals surface area contributed by atoms with Crippen LogP contribution in [0.25, 0.3) is 10.9 Å². The van der Waals surface area contributed by atoms with Gasteiger partial charge in [0.1, 0.15) is 0 Å². The van der Waals surface area contributed by atoms with Gasteiger partial charge in [-0.05, 0) is 31.4 Å². The lowest BCUT2D eigenvalue weighted by atomic mass is 10.1.